The largest absolute Gasteiger partial charge is 0.365 e. The van der Waals surface area contributed by atoms with Crippen LogP contribution in [0.2, 0.25) is 0 Å². The second-order valence-electron chi connectivity index (χ2n) is 4.30. The van der Waals surface area contributed by atoms with Crippen molar-refractivity contribution < 1.29 is 9.53 Å². The van der Waals surface area contributed by atoms with Crippen LogP contribution in [0, 0.1) is 11.3 Å². The fraction of sp³-hybridized carbons (Fsp3) is 0.833. The number of carbonyl (C=O) groups excluding carboxylic acids is 1. The molecule has 0 spiro atoms. The number of ether oxygens (including phenoxy) is 1. The lowest BCUT2D eigenvalue weighted by molar-refractivity contribution is -0.137. The predicted molar refractivity (Wildman–Crippen MR) is 60.6 cm³/mol. The molecule has 4 nitrogen and oxygen atoms in total. The highest BCUT2D eigenvalue weighted by atomic mass is 16.5. The number of nitrogens with zero attached hydrogens (tertiary/aromatic N) is 1. The van der Waals surface area contributed by atoms with Gasteiger partial charge >= 0.3 is 0 Å². The van der Waals surface area contributed by atoms with Gasteiger partial charge in [-0.2, -0.15) is 5.26 Å². The van der Waals surface area contributed by atoms with Gasteiger partial charge in [-0.3, -0.25) is 4.79 Å². The van der Waals surface area contributed by atoms with E-state index in [0.29, 0.717) is 6.42 Å². The van der Waals surface area contributed by atoms with Gasteiger partial charge in [0, 0.05) is 0 Å². The first-order chi connectivity index (χ1) is 7.67. The van der Waals surface area contributed by atoms with Crippen LogP contribution in [0.3, 0.4) is 0 Å². The van der Waals surface area contributed by atoms with Gasteiger partial charge in [-0.1, -0.05) is 19.8 Å². The molecule has 0 aromatic rings. The van der Waals surface area contributed by atoms with Gasteiger partial charge in [0.05, 0.1) is 12.2 Å². The summed E-state index contributed by atoms with van der Waals surface area (Å²) in [5.74, 6) is -0.163. The Morgan fingerprint density at radius 3 is 2.69 bits per heavy atom. The van der Waals surface area contributed by atoms with Crippen LogP contribution in [0.1, 0.15) is 46.0 Å². The van der Waals surface area contributed by atoms with E-state index in [1.807, 2.05) is 13.0 Å². The number of hydrogen-bond donors (Lipinski definition) is 1. The Labute approximate surface area is 97.0 Å². The van der Waals surface area contributed by atoms with Gasteiger partial charge in [0.1, 0.15) is 12.1 Å². The van der Waals surface area contributed by atoms with Crippen molar-refractivity contribution in [3.63, 3.8) is 0 Å². The number of rotatable bonds is 5. The van der Waals surface area contributed by atoms with Gasteiger partial charge in [0.25, 0.3) is 0 Å². The van der Waals surface area contributed by atoms with Crippen molar-refractivity contribution in [3.05, 3.63) is 0 Å². The van der Waals surface area contributed by atoms with E-state index in [1.54, 1.807) is 6.92 Å². The van der Waals surface area contributed by atoms with Crippen LogP contribution < -0.4 is 5.32 Å². The van der Waals surface area contributed by atoms with E-state index in [1.165, 1.54) is 12.8 Å². The molecule has 0 radical (unpaired) electrons. The average Bonchev–Trinajstić information content (AvgIpc) is 2.78. The van der Waals surface area contributed by atoms with Crippen LogP contribution in [0.15, 0.2) is 0 Å². The Kier molecular flexibility index (Phi) is 5.27. The minimum atomic E-state index is -0.450. The first kappa shape index (κ1) is 13.0. The maximum atomic E-state index is 11.7. The zero-order chi connectivity index (χ0) is 12.0. The summed E-state index contributed by atoms with van der Waals surface area (Å²) < 4.78 is 5.75. The fourth-order valence-corrected chi connectivity index (χ4v) is 1.94. The molecule has 0 saturated heterocycles. The molecule has 0 aromatic carbocycles. The molecule has 1 aliphatic rings. The van der Waals surface area contributed by atoms with E-state index in [9.17, 15) is 4.79 Å². The second-order valence-corrected chi connectivity index (χ2v) is 4.30. The van der Waals surface area contributed by atoms with Gasteiger partial charge in [-0.05, 0) is 26.2 Å². The van der Waals surface area contributed by atoms with Crippen LogP contribution in [0.25, 0.3) is 0 Å². The first-order valence-electron chi connectivity index (χ1n) is 6.02. The van der Waals surface area contributed by atoms with E-state index in [-0.39, 0.29) is 12.0 Å². The summed E-state index contributed by atoms with van der Waals surface area (Å²) in [5.41, 5.74) is 0. The monoisotopic (exact) mass is 224 g/mol. The number of carbonyl (C=O) groups is 1. The lowest BCUT2D eigenvalue weighted by Gasteiger charge is -2.20. The minimum absolute atomic E-state index is 0.163. The normalized spacial score (nSPS) is 20.1. The van der Waals surface area contributed by atoms with Gasteiger partial charge in [0.2, 0.25) is 5.91 Å². The van der Waals surface area contributed by atoms with Crippen molar-refractivity contribution in [2.24, 2.45) is 0 Å². The summed E-state index contributed by atoms with van der Waals surface area (Å²) in [7, 11) is 0. The van der Waals surface area contributed by atoms with Crippen LogP contribution in [-0.2, 0) is 9.53 Å². The zero-order valence-corrected chi connectivity index (χ0v) is 10.0. The number of amides is 1. The lowest BCUT2D eigenvalue weighted by Crippen LogP contribution is -2.41. The van der Waals surface area contributed by atoms with Crippen LogP contribution in [-0.4, -0.2) is 24.2 Å². The molecule has 0 aliphatic heterocycles. The second kappa shape index (κ2) is 6.49. The van der Waals surface area contributed by atoms with Gasteiger partial charge in [-0.15, -0.1) is 0 Å². The Balaban J connectivity index is 2.40. The number of hydrogen-bond acceptors (Lipinski definition) is 3. The standard InChI is InChI=1S/C12H20N2O2/c1-3-11(12(15)14-9(2)8-13)16-10-6-4-5-7-10/h9-11H,3-7H2,1-2H3,(H,14,15)/t9-,11-/m0/s1. The molecular formula is C12H20N2O2. The van der Waals surface area contributed by atoms with E-state index in [4.69, 9.17) is 10.00 Å². The number of nitriles is 1. The SMILES string of the molecule is CC[C@H](OC1CCCC1)C(=O)N[C@@H](C)C#N. The molecular weight excluding hydrogens is 204 g/mol. The predicted octanol–water partition coefficient (Wildman–Crippen LogP) is 1.75. The molecule has 0 unspecified atom stereocenters. The molecule has 2 atom stereocenters. The van der Waals surface area contributed by atoms with Crippen molar-refractivity contribution in [2.75, 3.05) is 0 Å². The molecule has 4 heteroatoms. The minimum Gasteiger partial charge on any atom is -0.365 e. The smallest absolute Gasteiger partial charge is 0.250 e. The lowest BCUT2D eigenvalue weighted by atomic mass is 10.2. The van der Waals surface area contributed by atoms with Crippen LogP contribution >= 0.6 is 0 Å². The topological polar surface area (TPSA) is 62.1 Å². The van der Waals surface area contributed by atoms with E-state index in [0.717, 1.165) is 12.8 Å². The third-order valence-electron chi connectivity index (χ3n) is 2.87. The van der Waals surface area contributed by atoms with Crippen molar-refractivity contribution in [1.82, 2.24) is 5.32 Å². The molecule has 1 aliphatic carbocycles. The molecule has 0 aromatic heterocycles. The van der Waals surface area contributed by atoms with Gasteiger partial charge in [-0.25, -0.2) is 0 Å². The van der Waals surface area contributed by atoms with Crippen molar-refractivity contribution in [1.29, 1.82) is 5.26 Å². The first-order valence-corrected chi connectivity index (χ1v) is 6.02. The molecule has 90 valence electrons. The van der Waals surface area contributed by atoms with Crippen LogP contribution in [0.5, 0.6) is 0 Å². The summed E-state index contributed by atoms with van der Waals surface area (Å²) in [6.07, 6.45) is 4.97. The van der Waals surface area contributed by atoms with Crippen molar-refractivity contribution in [3.8, 4) is 6.07 Å². The molecule has 1 fully saturated rings. The highest BCUT2D eigenvalue weighted by Crippen LogP contribution is 2.22. The molecule has 16 heavy (non-hydrogen) atoms. The summed E-state index contributed by atoms with van der Waals surface area (Å²) in [5, 5.41) is 11.2. The zero-order valence-electron chi connectivity index (χ0n) is 10.0. The Hall–Kier alpha value is -1.08. The van der Waals surface area contributed by atoms with E-state index < -0.39 is 12.1 Å². The van der Waals surface area contributed by atoms with Gasteiger partial charge in [0.15, 0.2) is 0 Å². The third-order valence-corrected chi connectivity index (χ3v) is 2.87. The van der Waals surface area contributed by atoms with Crippen LogP contribution in [0.4, 0.5) is 0 Å². The van der Waals surface area contributed by atoms with Crippen molar-refractivity contribution in [2.45, 2.75) is 64.2 Å². The third kappa shape index (κ3) is 3.82. The quantitative estimate of drug-likeness (QED) is 0.774. The Morgan fingerprint density at radius 1 is 1.56 bits per heavy atom. The highest BCUT2D eigenvalue weighted by Gasteiger charge is 2.24. The van der Waals surface area contributed by atoms with Crippen molar-refractivity contribution >= 4 is 5.91 Å². The maximum Gasteiger partial charge on any atom is 0.250 e. The summed E-state index contributed by atoms with van der Waals surface area (Å²) >= 11 is 0. The Morgan fingerprint density at radius 2 is 2.19 bits per heavy atom. The van der Waals surface area contributed by atoms with E-state index >= 15 is 0 Å². The Bertz CT molecular complexity index is 267. The summed E-state index contributed by atoms with van der Waals surface area (Å²) in [4.78, 5) is 11.7. The molecule has 1 saturated carbocycles. The fourth-order valence-electron chi connectivity index (χ4n) is 1.94. The molecule has 0 bridgehead atoms. The molecule has 1 amide bonds. The molecule has 1 N–H and O–H groups in total. The maximum absolute atomic E-state index is 11.7. The summed E-state index contributed by atoms with van der Waals surface area (Å²) in [6, 6.07) is 1.53. The summed E-state index contributed by atoms with van der Waals surface area (Å²) in [6.45, 7) is 3.59. The van der Waals surface area contributed by atoms with Gasteiger partial charge < -0.3 is 10.1 Å². The molecule has 0 heterocycles. The molecule has 1 rings (SSSR count). The average molecular weight is 224 g/mol. The van der Waals surface area contributed by atoms with E-state index in [2.05, 4.69) is 5.32 Å². The number of nitrogens with one attached hydrogen (secondary N) is 1. The highest BCUT2D eigenvalue weighted by molar-refractivity contribution is 5.81.